The lowest BCUT2D eigenvalue weighted by Crippen LogP contribution is -2.41. The summed E-state index contributed by atoms with van der Waals surface area (Å²) in [5.41, 5.74) is 2.89. The summed E-state index contributed by atoms with van der Waals surface area (Å²) in [5, 5.41) is 10.7. The van der Waals surface area contributed by atoms with E-state index >= 15 is 0 Å². The normalized spacial score (nSPS) is 15.6. The van der Waals surface area contributed by atoms with E-state index in [0.717, 1.165) is 35.2 Å². The van der Waals surface area contributed by atoms with Gasteiger partial charge >= 0.3 is 7.12 Å². The molecule has 0 bridgehead atoms. The Balaban J connectivity index is 1.34. The third-order valence-electron chi connectivity index (χ3n) is 7.13. The van der Waals surface area contributed by atoms with Gasteiger partial charge in [-0.15, -0.1) is 0 Å². The molecule has 3 aromatic carbocycles. The van der Waals surface area contributed by atoms with Crippen LogP contribution in [-0.4, -0.2) is 27.1 Å². The molecule has 7 heteroatoms. The predicted octanol–water partition coefficient (Wildman–Crippen LogP) is 6.62. The van der Waals surface area contributed by atoms with E-state index in [4.69, 9.17) is 18.6 Å². The SMILES string of the molecule is CC(C)(C)[Si](C)(C)OCCCC1OB(O)c2cc(Oc3cccc(OCc4ccccc4)c3)ccc21. The maximum absolute atomic E-state index is 10.5. The van der Waals surface area contributed by atoms with Crippen molar-refractivity contribution < 1.29 is 23.6 Å². The first-order valence-electron chi connectivity index (χ1n) is 12.7. The van der Waals surface area contributed by atoms with Crippen LogP contribution in [0.5, 0.6) is 17.2 Å². The maximum Gasteiger partial charge on any atom is 0.492 e. The third-order valence-corrected chi connectivity index (χ3v) is 11.7. The first-order valence-corrected chi connectivity index (χ1v) is 15.6. The average molecular weight is 505 g/mol. The number of hydrogen-bond donors (Lipinski definition) is 1. The Morgan fingerprint density at radius 2 is 1.64 bits per heavy atom. The Labute approximate surface area is 216 Å². The molecule has 1 N–H and O–H groups in total. The van der Waals surface area contributed by atoms with Gasteiger partial charge in [0.05, 0.1) is 6.10 Å². The van der Waals surface area contributed by atoms with Crippen LogP contribution in [0.25, 0.3) is 0 Å². The molecule has 0 saturated heterocycles. The number of fused-ring (bicyclic) bond motifs is 1. The van der Waals surface area contributed by atoms with Crippen LogP contribution in [0.1, 0.15) is 50.8 Å². The molecule has 36 heavy (non-hydrogen) atoms. The van der Waals surface area contributed by atoms with Crippen LogP contribution < -0.4 is 14.9 Å². The highest BCUT2D eigenvalue weighted by molar-refractivity contribution is 6.74. The Hall–Kier alpha value is -2.58. The van der Waals surface area contributed by atoms with Crippen molar-refractivity contribution in [2.45, 2.75) is 64.5 Å². The molecule has 1 aliphatic heterocycles. The number of benzene rings is 3. The van der Waals surface area contributed by atoms with Crippen LogP contribution in [0.4, 0.5) is 0 Å². The van der Waals surface area contributed by atoms with E-state index in [2.05, 4.69) is 33.9 Å². The van der Waals surface area contributed by atoms with Gasteiger partial charge in [-0.25, -0.2) is 0 Å². The highest BCUT2D eigenvalue weighted by Gasteiger charge is 2.38. The van der Waals surface area contributed by atoms with Crippen LogP contribution >= 0.6 is 0 Å². The molecule has 0 fully saturated rings. The molecular weight excluding hydrogens is 467 g/mol. The van der Waals surface area contributed by atoms with Crippen LogP contribution in [0, 0.1) is 0 Å². The van der Waals surface area contributed by atoms with Gasteiger partial charge in [0, 0.05) is 12.7 Å². The molecule has 1 aliphatic rings. The minimum Gasteiger partial charge on any atom is -0.489 e. The molecule has 4 rings (SSSR count). The van der Waals surface area contributed by atoms with Gasteiger partial charge in [0.25, 0.3) is 0 Å². The van der Waals surface area contributed by atoms with E-state index in [1.54, 1.807) is 0 Å². The van der Waals surface area contributed by atoms with Crippen LogP contribution in [0.15, 0.2) is 72.8 Å². The second-order valence-electron chi connectivity index (χ2n) is 10.9. The van der Waals surface area contributed by atoms with Crippen molar-refractivity contribution in [3.05, 3.63) is 83.9 Å². The van der Waals surface area contributed by atoms with Crippen molar-refractivity contribution in [3.8, 4) is 17.2 Å². The van der Waals surface area contributed by atoms with Gasteiger partial charge in [0.15, 0.2) is 8.32 Å². The molecule has 0 saturated carbocycles. The summed E-state index contributed by atoms with van der Waals surface area (Å²) in [6, 6.07) is 23.4. The first-order chi connectivity index (χ1) is 17.1. The van der Waals surface area contributed by atoms with Crippen molar-refractivity contribution in [1.29, 1.82) is 0 Å². The van der Waals surface area contributed by atoms with Gasteiger partial charge in [-0.1, -0.05) is 63.2 Å². The van der Waals surface area contributed by atoms with Crippen LogP contribution in [0.3, 0.4) is 0 Å². The number of rotatable bonds is 10. The average Bonchev–Trinajstić information content (AvgIpc) is 3.15. The predicted molar refractivity (Wildman–Crippen MR) is 148 cm³/mol. The van der Waals surface area contributed by atoms with Gasteiger partial charge in [-0.05, 0) is 71.8 Å². The van der Waals surface area contributed by atoms with Gasteiger partial charge in [-0.3, -0.25) is 0 Å². The highest BCUT2D eigenvalue weighted by atomic mass is 28.4. The Kier molecular flexibility index (Phi) is 8.25. The Morgan fingerprint density at radius 1 is 0.917 bits per heavy atom. The second kappa shape index (κ2) is 11.2. The standard InChI is InChI=1S/C29H37BO5Si/c1-29(2,3)36(4,5)33-18-10-15-28-26-17-16-25(20-27(26)30(31)35-28)34-24-14-9-13-23(19-24)32-21-22-11-7-6-8-12-22/h6-9,11-14,16-17,19-20,28,31H,10,15,18,21H2,1-5H3. The molecule has 1 unspecified atom stereocenters. The minimum atomic E-state index is -1.75. The second-order valence-corrected chi connectivity index (χ2v) is 15.7. The molecule has 1 atom stereocenters. The fourth-order valence-corrected chi connectivity index (χ4v) is 5.05. The topological polar surface area (TPSA) is 57.2 Å². The smallest absolute Gasteiger partial charge is 0.489 e. The summed E-state index contributed by atoms with van der Waals surface area (Å²) in [5.74, 6) is 2.06. The van der Waals surface area contributed by atoms with Gasteiger partial charge in [-0.2, -0.15) is 0 Å². The van der Waals surface area contributed by atoms with Gasteiger partial charge < -0.3 is 23.6 Å². The molecular formula is C29H37BO5Si. The summed E-state index contributed by atoms with van der Waals surface area (Å²) >= 11 is 0. The summed E-state index contributed by atoms with van der Waals surface area (Å²) in [6.07, 6.45) is 1.55. The molecule has 1 heterocycles. The molecule has 0 spiro atoms. The van der Waals surface area contributed by atoms with Crippen molar-refractivity contribution in [1.82, 2.24) is 0 Å². The van der Waals surface area contributed by atoms with Gasteiger partial charge in [0.1, 0.15) is 23.9 Å². The first kappa shape index (κ1) is 26.5. The Bertz CT molecular complexity index is 1150. The lowest BCUT2D eigenvalue weighted by Gasteiger charge is -2.36. The quantitative estimate of drug-likeness (QED) is 0.248. The molecule has 0 aromatic heterocycles. The monoisotopic (exact) mass is 504 g/mol. The fourth-order valence-electron chi connectivity index (χ4n) is 3.97. The van der Waals surface area contributed by atoms with E-state index in [1.165, 1.54) is 0 Å². The summed E-state index contributed by atoms with van der Waals surface area (Å²) in [6.45, 7) is 12.5. The largest absolute Gasteiger partial charge is 0.492 e. The molecule has 5 nitrogen and oxygen atoms in total. The van der Waals surface area contributed by atoms with E-state index in [1.807, 2.05) is 72.8 Å². The maximum atomic E-state index is 10.5. The van der Waals surface area contributed by atoms with Crippen molar-refractivity contribution >= 4 is 20.9 Å². The third kappa shape index (κ3) is 6.59. The van der Waals surface area contributed by atoms with E-state index in [-0.39, 0.29) is 11.1 Å². The van der Waals surface area contributed by atoms with Crippen LogP contribution in [-0.2, 0) is 15.7 Å². The van der Waals surface area contributed by atoms with E-state index in [9.17, 15) is 5.02 Å². The number of ether oxygens (including phenoxy) is 2. The number of hydrogen-bond acceptors (Lipinski definition) is 5. The van der Waals surface area contributed by atoms with Crippen LogP contribution in [0.2, 0.25) is 18.1 Å². The zero-order chi connectivity index (χ0) is 25.8. The van der Waals surface area contributed by atoms with E-state index in [0.29, 0.717) is 24.7 Å². The molecule has 3 aromatic rings. The Morgan fingerprint density at radius 3 is 2.39 bits per heavy atom. The molecule has 0 radical (unpaired) electrons. The minimum absolute atomic E-state index is 0.137. The zero-order valence-corrected chi connectivity index (χ0v) is 23.0. The van der Waals surface area contributed by atoms with Crippen molar-refractivity contribution in [2.75, 3.05) is 6.61 Å². The van der Waals surface area contributed by atoms with Crippen molar-refractivity contribution in [3.63, 3.8) is 0 Å². The highest BCUT2D eigenvalue weighted by Crippen LogP contribution is 2.37. The zero-order valence-electron chi connectivity index (χ0n) is 22.0. The molecule has 0 aliphatic carbocycles. The summed E-state index contributed by atoms with van der Waals surface area (Å²) in [4.78, 5) is 0. The molecule has 190 valence electrons. The van der Waals surface area contributed by atoms with E-state index < -0.39 is 15.4 Å². The summed E-state index contributed by atoms with van der Waals surface area (Å²) < 4.78 is 24.2. The summed E-state index contributed by atoms with van der Waals surface area (Å²) in [7, 11) is -2.70. The molecule has 0 amide bonds. The van der Waals surface area contributed by atoms with Crippen molar-refractivity contribution in [2.24, 2.45) is 0 Å². The fraction of sp³-hybridized carbons (Fsp3) is 0.379. The lowest BCUT2D eigenvalue weighted by molar-refractivity contribution is 0.166. The lowest BCUT2D eigenvalue weighted by atomic mass is 9.79. The van der Waals surface area contributed by atoms with Gasteiger partial charge in [0.2, 0.25) is 0 Å².